The molecule has 2 aromatic carbocycles. The third kappa shape index (κ3) is 2.74. The van der Waals surface area contributed by atoms with E-state index in [1.165, 1.54) is 27.8 Å². The van der Waals surface area contributed by atoms with Crippen LogP contribution in [0.15, 0.2) is 53.6 Å². The Kier molecular flexibility index (Phi) is 4.68. The zero-order valence-electron chi connectivity index (χ0n) is 18.2. The Hall–Kier alpha value is -2.30. The normalized spacial score (nSPS) is 29.8. The number of hydrogen-bond donors (Lipinski definition) is 1. The summed E-state index contributed by atoms with van der Waals surface area (Å²) < 4.78 is 16.7. The van der Waals surface area contributed by atoms with Gasteiger partial charge >= 0.3 is 0 Å². The average molecular weight is 406 g/mol. The first-order valence-electron chi connectivity index (χ1n) is 10.9. The number of methoxy groups -OCH3 is 3. The van der Waals surface area contributed by atoms with Gasteiger partial charge in [0.15, 0.2) is 0 Å². The lowest BCUT2D eigenvalue weighted by atomic mass is 9.55. The number of nitrogens with two attached hydrogens (primary N) is 1. The molecule has 0 spiro atoms. The summed E-state index contributed by atoms with van der Waals surface area (Å²) in [5.74, 6) is 1.82. The fourth-order valence-electron chi connectivity index (χ4n) is 6.29. The third-order valence-corrected chi connectivity index (χ3v) is 7.78. The molecule has 0 radical (unpaired) electrons. The molecule has 30 heavy (non-hydrogen) atoms. The second-order valence-corrected chi connectivity index (χ2v) is 9.04. The van der Waals surface area contributed by atoms with E-state index < -0.39 is 0 Å². The monoisotopic (exact) mass is 405 g/mol. The van der Waals surface area contributed by atoms with Gasteiger partial charge in [0.25, 0.3) is 0 Å². The minimum atomic E-state index is -0.226. The molecular formula is C26H31NO3. The highest BCUT2D eigenvalue weighted by molar-refractivity contribution is 5.60. The first-order chi connectivity index (χ1) is 14.5. The van der Waals surface area contributed by atoms with E-state index in [1.807, 2.05) is 7.11 Å². The predicted octanol–water partition coefficient (Wildman–Crippen LogP) is 4.53. The second-order valence-electron chi connectivity index (χ2n) is 9.04. The molecule has 0 amide bonds. The van der Waals surface area contributed by atoms with Crippen LogP contribution in [0.25, 0.3) is 0 Å². The molecule has 1 saturated carbocycles. The van der Waals surface area contributed by atoms with E-state index in [4.69, 9.17) is 19.9 Å². The van der Waals surface area contributed by atoms with Crippen molar-refractivity contribution in [1.29, 1.82) is 0 Å². The highest BCUT2D eigenvalue weighted by atomic mass is 16.5. The fraction of sp³-hybridized carbons (Fsp3) is 0.462. The first kappa shape index (κ1) is 19.7. The zero-order chi connectivity index (χ0) is 20.9. The summed E-state index contributed by atoms with van der Waals surface area (Å²) in [6.45, 7) is 0. The van der Waals surface area contributed by atoms with Gasteiger partial charge in [0.2, 0.25) is 0 Å². The number of aryl methyl sites for hydroxylation is 1. The number of benzene rings is 2. The SMILES string of the molecule is COc1ccc([C@@]23CC[C@@]4(N)C[C@@H](OC)CC4=C2CCc2cc(OC)ccc23)cc1. The van der Waals surface area contributed by atoms with Crippen molar-refractivity contribution in [1.82, 2.24) is 0 Å². The van der Waals surface area contributed by atoms with Crippen LogP contribution in [0, 0.1) is 0 Å². The van der Waals surface area contributed by atoms with Crippen molar-refractivity contribution in [2.75, 3.05) is 21.3 Å². The summed E-state index contributed by atoms with van der Waals surface area (Å²) in [5, 5.41) is 0. The summed E-state index contributed by atoms with van der Waals surface area (Å²) in [7, 11) is 5.27. The highest BCUT2D eigenvalue weighted by Crippen LogP contribution is 2.58. The quantitative estimate of drug-likeness (QED) is 0.759. The highest BCUT2D eigenvalue weighted by Gasteiger charge is 2.53. The van der Waals surface area contributed by atoms with Gasteiger partial charge in [0.1, 0.15) is 11.5 Å². The lowest BCUT2D eigenvalue weighted by Crippen LogP contribution is -2.49. The van der Waals surface area contributed by atoms with Gasteiger partial charge in [-0.25, -0.2) is 0 Å². The van der Waals surface area contributed by atoms with Crippen molar-refractivity contribution < 1.29 is 14.2 Å². The topological polar surface area (TPSA) is 53.7 Å². The van der Waals surface area contributed by atoms with Crippen molar-refractivity contribution in [3.8, 4) is 11.5 Å². The number of allylic oxidation sites excluding steroid dienone is 1. The van der Waals surface area contributed by atoms with Gasteiger partial charge in [-0.2, -0.15) is 0 Å². The molecule has 4 nitrogen and oxygen atoms in total. The van der Waals surface area contributed by atoms with Gasteiger partial charge in [-0.3, -0.25) is 0 Å². The lowest BCUT2D eigenvalue weighted by molar-refractivity contribution is 0.103. The van der Waals surface area contributed by atoms with E-state index in [0.717, 1.165) is 50.0 Å². The Balaban J connectivity index is 1.75. The van der Waals surface area contributed by atoms with Crippen molar-refractivity contribution in [2.45, 2.75) is 55.6 Å². The molecule has 0 aromatic heterocycles. The van der Waals surface area contributed by atoms with Gasteiger partial charge in [0.05, 0.1) is 20.3 Å². The van der Waals surface area contributed by atoms with Gasteiger partial charge in [-0.15, -0.1) is 0 Å². The van der Waals surface area contributed by atoms with Crippen LogP contribution in [-0.2, 0) is 16.6 Å². The van der Waals surface area contributed by atoms with Crippen molar-refractivity contribution >= 4 is 0 Å². The minimum absolute atomic E-state index is 0.132. The van der Waals surface area contributed by atoms with Crippen LogP contribution in [0.5, 0.6) is 11.5 Å². The van der Waals surface area contributed by atoms with E-state index >= 15 is 0 Å². The van der Waals surface area contributed by atoms with E-state index in [9.17, 15) is 0 Å². The first-order valence-corrected chi connectivity index (χ1v) is 10.9. The number of rotatable bonds is 4. The predicted molar refractivity (Wildman–Crippen MR) is 118 cm³/mol. The van der Waals surface area contributed by atoms with Crippen LogP contribution in [0.2, 0.25) is 0 Å². The molecule has 5 rings (SSSR count). The molecule has 0 bridgehead atoms. The van der Waals surface area contributed by atoms with Crippen LogP contribution in [-0.4, -0.2) is 33.0 Å². The van der Waals surface area contributed by atoms with E-state index in [0.29, 0.717) is 0 Å². The van der Waals surface area contributed by atoms with Gasteiger partial charge in [-0.1, -0.05) is 23.8 Å². The summed E-state index contributed by atoms with van der Waals surface area (Å²) in [6, 6.07) is 15.3. The van der Waals surface area contributed by atoms with Crippen LogP contribution in [0.4, 0.5) is 0 Å². The Labute approximate surface area is 179 Å². The van der Waals surface area contributed by atoms with Crippen molar-refractivity contribution in [3.63, 3.8) is 0 Å². The van der Waals surface area contributed by atoms with Crippen molar-refractivity contribution in [2.24, 2.45) is 5.73 Å². The summed E-state index contributed by atoms with van der Waals surface area (Å²) in [5.41, 5.74) is 13.7. The Morgan fingerprint density at radius 3 is 2.30 bits per heavy atom. The minimum Gasteiger partial charge on any atom is -0.497 e. The third-order valence-electron chi connectivity index (χ3n) is 7.78. The second kappa shape index (κ2) is 7.14. The standard InChI is InChI=1S/C26H31NO3/c1-28-19-7-5-18(6-8-19)26-13-12-25(27)16-21(30-3)15-24(25)23(26)10-4-17-14-20(29-2)9-11-22(17)26/h5-9,11,14,21H,4,10,12-13,15-16,27H2,1-3H3/t21-,25+,26+/m0/s1. The average Bonchev–Trinajstić information content (AvgIpc) is 3.15. The smallest absolute Gasteiger partial charge is 0.119 e. The molecule has 0 unspecified atom stereocenters. The maximum Gasteiger partial charge on any atom is 0.119 e. The molecule has 3 aliphatic carbocycles. The van der Waals surface area contributed by atoms with E-state index in [2.05, 4.69) is 42.5 Å². The van der Waals surface area contributed by atoms with Crippen molar-refractivity contribution in [3.05, 3.63) is 70.3 Å². The molecule has 158 valence electrons. The molecule has 0 aliphatic heterocycles. The maximum absolute atomic E-state index is 7.01. The largest absolute Gasteiger partial charge is 0.497 e. The lowest BCUT2D eigenvalue weighted by Gasteiger charge is -2.50. The molecule has 2 N–H and O–H groups in total. The number of fused-ring (bicyclic) bond motifs is 4. The molecule has 4 heteroatoms. The fourth-order valence-corrected chi connectivity index (χ4v) is 6.29. The molecule has 3 atom stereocenters. The summed E-state index contributed by atoms with van der Waals surface area (Å²) in [4.78, 5) is 0. The Morgan fingerprint density at radius 1 is 0.867 bits per heavy atom. The van der Waals surface area contributed by atoms with Gasteiger partial charge < -0.3 is 19.9 Å². The zero-order valence-corrected chi connectivity index (χ0v) is 18.2. The van der Waals surface area contributed by atoms with Crippen LogP contribution >= 0.6 is 0 Å². The maximum atomic E-state index is 7.01. The number of hydrogen-bond acceptors (Lipinski definition) is 4. The Morgan fingerprint density at radius 2 is 1.60 bits per heavy atom. The molecular weight excluding hydrogens is 374 g/mol. The number of ether oxygens (including phenoxy) is 3. The van der Waals surface area contributed by atoms with Crippen LogP contribution < -0.4 is 15.2 Å². The van der Waals surface area contributed by atoms with Gasteiger partial charge in [0, 0.05) is 18.1 Å². The van der Waals surface area contributed by atoms with E-state index in [1.54, 1.807) is 14.2 Å². The van der Waals surface area contributed by atoms with Crippen LogP contribution in [0.1, 0.15) is 48.8 Å². The van der Waals surface area contributed by atoms with Gasteiger partial charge in [-0.05, 0) is 85.1 Å². The molecule has 2 aromatic rings. The van der Waals surface area contributed by atoms with E-state index in [-0.39, 0.29) is 17.1 Å². The van der Waals surface area contributed by atoms with Crippen LogP contribution in [0.3, 0.4) is 0 Å². The Bertz CT molecular complexity index is 996. The molecule has 0 heterocycles. The summed E-state index contributed by atoms with van der Waals surface area (Å²) in [6.07, 6.45) is 6.16. The molecule has 3 aliphatic rings. The summed E-state index contributed by atoms with van der Waals surface area (Å²) >= 11 is 0. The molecule has 0 saturated heterocycles. The molecule has 1 fully saturated rings.